The van der Waals surface area contributed by atoms with Gasteiger partial charge in [-0.15, -0.1) is 0 Å². The van der Waals surface area contributed by atoms with Crippen LogP contribution in [0.3, 0.4) is 0 Å². The van der Waals surface area contributed by atoms with Crippen LogP contribution in [0.4, 0.5) is 5.69 Å². The van der Waals surface area contributed by atoms with Crippen molar-refractivity contribution in [1.29, 1.82) is 10.5 Å². The Morgan fingerprint density at radius 3 is 1.97 bits per heavy atom. The summed E-state index contributed by atoms with van der Waals surface area (Å²) < 4.78 is 0. The third-order valence-electron chi connectivity index (χ3n) is 5.13. The first-order chi connectivity index (χ1) is 14.1. The maximum Gasteiger partial charge on any atom is 0.194 e. The molecule has 29 heavy (non-hydrogen) atoms. The Bertz CT molecular complexity index is 1210. The molecule has 0 unspecified atom stereocenters. The van der Waals surface area contributed by atoms with Gasteiger partial charge in [0.2, 0.25) is 0 Å². The number of hydrogen-bond acceptors (Lipinski definition) is 4. The summed E-state index contributed by atoms with van der Waals surface area (Å²) in [5, 5.41) is 19.0. The van der Waals surface area contributed by atoms with Crippen LogP contribution in [0.25, 0.3) is 5.57 Å². The molecule has 4 rings (SSSR count). The molecule has 0 saturated carbocycles. The Kier molecular flexibility index (Phi) is 4.47. The number of allylic oxidation sites excluding steroid dienone is 8. The largest absolute Gasteiger partial charge is 0.318 e. The molecule has 4 heteroatoms. The van der Waals surface area contributed by atoms with E-state index >= 15 is 0 Å². The lowest BCUT2D eigenvalue weighted by atomic mass is 9.93. The molecule has 0 fully saturated rings. The van der Waals surface area contributed by atoms with Gasteiger partial charge in [0.15, 0.2) is 5.78 Å². The maximum atomic E-state index is 13.2. The van der Waals surface area contributed by atoms with Crippen molar-refractivity contribution in [1.82, 2.24) is 0 Å². The van der Waals surface area contributed by atoms with Crippen molar-refractivity contribution in [2.45, 2.75) is 13.8 Å². The molecule has 0 N–H and O–H groups in total. The van der Waals surface area contributed by atoms with Crippen LogP contribution < -0.4 is 4.90 Å². The zero-order chi connectivity index (χ0) is 20.5. The smallest absolute Gasteiger partial charge is 0.194 e. The van der Waals surface area contributed by atoms with Gasteiger partial charge in [0.25, 0.3) is 0 Å². The van der Waals surface area contributed by atoms with Gasteiger partial charge < -0.3 is 4.90 Å². The first kappa shape index (κ1) is 18.2. The monoisotopic (exact) mass is 375 g/mol. The molecule has 0 amide bonds. The molecule has 4 nitrogen and oxygen atoms in total. The van der Waals surface area contributed by atoms with Crippen LogP contribution in [0, 0.1) is 22.7 Å². The molecule has 0 aromatic heterocycles. The summed E-state index contributed by atoms with van der Waals surface area (Å²) in [6.45, 7) is 3.96. The molecule has 0 atom stereocenters. The van der Waals surface area contributed by atoms with E-state index in [9.17, 15) is 15.3 Å². The number of benzene rings is 2. The van der Waals surface area contributed by atoms with Crippen molar-refractivity contribution >= 4 is 17.0 Å². The standard InChI is InChI=1S/C25H17N3O/c1-16-12-18(13-17(2)28(16)20-8-4-3-5-9-20)24-23(19(14-26)15-27)21-10-6-7-11-22(21)25(24)29/h3-13H,1-2H3. The lowest BCUT2D eigenvalue weighted by molar-refractivity contribution is 0.104. The SMILES string of the molecule is CC1=CC(=C2C(=O)c3ccccc3C2=C(C#N)C#N)C=C(C)N1c1ccccc1. The summed E-state index contributed by atoms with van der Waals surface area (Å²) >= 11 is 0. The number of anilines is 1. The quantitative estimate of drug-likeness (QED) is 0.500. The fourth-order valence-electron chi connectivity index (χ4n) is 3.98. The molecule has 0 radical (unpaired) electrons. The van der Waals surface area contributed by atoms with E-state index in [-0.39, 0.29) is 11.4 Å². The first-order valence-electron chi connectivity index (χ1n) is 9.21. The Hall–Kier alpha value is -4.15. The Labute approximate surface area is 169 Å². The van der Waals surface area contributed by atoms with E-state index in [0.29, 0.717) is 27.8 Å². The molecule has 0 bridgehead atoms. The summed E-state index contributed by atoms with van der Waals surface area (Å²) in [4.78, 5) is 15.3. The molecule has 1 aliphatic heterocycles. The fraction of sp³-hybridized carbons (Fsp3) is 0.0800. The number of rotatable bonds is 1. The summed E-state index contributed by atoms with van der Waals surface area (Å²) in [6.07, 6.45) is 3.87. The van der Waals surface area contributed by atoms with Crippen molar-refractivity contribution in [2.24, 2.45) is 0 Å². The van der Waals surface area contributed by atoms with Gasteiger partial charge in [0.05, 0.1) is 0 Å². The van der Waals surface area contributed by atoms with Gasteiger partial charge in [0.1, 0.15) is 17.7 Å². The van der Waals surface area contributed by atoms with Crippen molar-refractivity contribution in [2.75, 3.05) is 4.90 Å². The predicted molar refractivity (Wildman–Crippen MR) is 112 cm³/mol. The number of nitrogens with zero attached hydrogens (tertiary/aromatic N) is 3. The fourth-order valence-corrected chi connectivity index (χ4v) is 3.98. The summed E-state index contributed by atoms with van der Waals surface area (Å²) in [6, 6.07) is 21.0. The number of carbonyl (C=O) groups excluding carboxylic acids is 1. The highest BCUT2D eigenvalue weighted by atomic mass is 16.1. The third-order valence-corrected chi connectivity index (χ3v) is 5.13. The van der Waals surface area contributed by atoms with Crippen LogP contribution in [-0.2, 0) is 0 Å². The van der Waals surface area contributed by atoms with Gasteiger partial charge >= 0.3 is 0 Å². The highest BCUT2D eigenvalue weighted by Gasteiger charge is 2.34. The molecular weight excluding hydrogens is 358 g/mol. The first-order valence-corrected chi connectivity index (χ1v) is 9.21. The van der Waals surface area contributed by atoms with E-state index in [1.165, 1.54) is 0 Å². The summed E-state index contributed by atoms with van der Waals surface area (Å²) in [7, 11) is 0. The highest BCUT2D eigenvalue weighted by molar-refractivity contribution is 6.28. The number of nitriles is 2. The Morgan fingerprint density at radius 2 is 1.38 bits per heavy atom. The van der Waals surface area contributed by atoms with Gasteiger partial charge in [-0.25, -0.2) is 0 Å². The zero-order valence-corrected chi connectivity index (χ0v) is 16.1. The van der Waals surface area contributed by atoms with Crippen molar-refractivity contribution in [3.8, 4) is 12.1 Å². The van der Waals surface area contributed by atoms with Crippen LogP contribution >= 0.6 is 0 Å². The summed E-state index contributed by atoms with van der Waals surface area (Å²) in [5.41, 5.74) is 5.61. The second-order valence-electron chi connectivity index (χ2n) is 6.92. The zero-order valence-electron chi connectivity index (χ0n) is 16.1. The second-order valence-corrected chi connectivity index (χ2v) is 6.92. The topological polar surface area (TPSA) is 67.9 Å². The van der Waals surface area contributed by atoms with Crippen molar-refractivity contribution < 1.29 is 4.79 Å². The predicted octanol–water partition coefficient (Wildman–Crippen LogP) is 5.31. The van der Waals surface area contributed by atoms with Gasteiger partial charge in [-0.3, -0.25) is 4.79 Å². The van der Waals surface area contributed by atoms with E-state index in [1.807, 2.05) is 74.5 Å². The number of Topliss-reactive ketones (excluding diaryl/α,β-unsaturated/α-hetero) is 1. The minimum atomic E-state index is -0.158. The van der Waals surface area contributed by atoms with E-state index in [0.717, 1.165) is 17.1 Å². The molecule has 0 spiro atoms. The van der Waals surface area contributed by atoms with E-state index in [4.69, 9.17) is 0 Å². The molecule has 0 saturated heterocycles. The van der Waals surface area contributed by atoms with Crippen LogP contribution in [0.15, 0.2) is 94.9 Å². The number of ketones is 1. The van der Waals surface area contributed by atoms with Crippen LogP contribution in [0.1, 0.15) is 29.8 Å². The minimum Gasteiger partial charge on any atom is -0.318 e. The highest BCUT2D eigenvalue weighted by Crippen LogP contribution is 2.42. The maximum absolute atomic E-state index is 13.2. The number of para-hydroxylation sites is 1. The normalized spacial score (nSPS) is 15.4. The third kappa shape index (κ3) is 2.88. The van der Waals surface area contributed by atoms with E-state index in [1.54, 1.807) is 18.2 Å². The summed E-state index contributed by atoms with van der Waals surface area (Å²) in [5.74, 6) is -0.158. The van der Waals surface area contributed by atoms with Gasteiger partial charge in [-0.1, -0.05) is 42.5 Å². The van der Waals surface area contributed by atoms with Crippen LogP contribution in [-0.4, -0.2) is 5.78 Å². The number of carbonyl (C=O) groups is 1. The minimum absolute atomic E-state index is 0.0478. The van der Waals surface area contributed by atoms with Gasteiger partial charge in [-0.05, 0) is 49.3 Å². The van der Waals surface area contributed by atoms with Crippen LogP contribution in [0.5, 0.6) is 0 Å². The second kappa shape index (κ2) is 7.11. The molecule has 1 heterocycles. The van der Waals surface area contributed by atoms with Crippen LogP contribution in [0.2, 0.25) is 0 Å². The molecule has 138 valence electrons. The molecule has 2 aromatic carbocycles. The molecular formula is C25H17N3O. The average molecular weight is 375 g/mol. The molecule has 2 aromatic rings. The number of hydrogen-bond donors (Lipinski definition) is 0. The number of fused-ring (bicyclic) bond motifs is 1. The van der Waals surface area contributed by atoms with Gasteiger partial charge in [0, 0.05) is 33.8 Å². The molecule has 1 aliphatic carbocycles. The van der Waals surface area contributed by atoms with E-state index in [2.05, 4.69) is 4.90 Å². The molecule has 2 aliphatic rings. The Morgan fingerprint density at radius 1 is 0.828 bits per heavy atom. The lowest BCUT2D eigenvalue weighted by Gasteiger charge is -2.30. The Balaban J connectivity index is 1.95. The van der Waals surface area contributed by atoms with Crippen molar-refractivity contribution in [3.63, 3.8) is 0 Å². The van der Waals surface area contributed by atoms with Crippen molar-refractivity contribution in [3.05, 3.63) is 106 Å². The van der Waals surface area contributed by atoms with E-state index < -0.39 is 0 Å². The average Bonchev–Trinajstić information content (AvgIpc) is 3.02. The lowest BCUT2D eigenvalue weighted by Crippen LogP contribution is -2.22. The van der Waals surface area contributed by atoms with Gasteiger partial charge in [-0.2, -0.15) is 10.5 Å².